The monoisotopic (exact) mass is 214 g/mol. The quantitative estimate of drug-likeness (QED) is 0.530. The van der Waals surface area contributed by atoms with E-state index < -0.39 is 13.1 Å². The van der Waals surface area contributed by atoms with Crippen molar-refractivity contribution < 1.29 is 14.1 Å². The predicted molar refractivity (Wildman–Crippen MR) is 52.5 cm³/mol. The maximum atomic E-state index is 11.6. The average Bonchev–Trinajstić information content (AvgIpc) is 2.15. The van der Waals surface area contributed by atoms with Crippen LogP contribution in [0.25, 0.3) is 0 Å². The van der Waals surface area contributed by atoms with E-state index >= 15 is 0 Å². The van der Waals surface area contributed by atoms with Crippen LogP contribution >= 0.6 is 7.14 Å². The van der Waals surface area contributed by atoms with E-state index in [0.717, 1.165) is 0 Å². The summed E-state index contributed by atoms with van der Waals surface area (Å²) in [6.07, 6.45) is 2.78. The van der Waals surface area contributed by atoms with Crippen LogP contribution in [0.5, 0.6) is 0 Å². The largest absolute Gasteiger partial charge is 0.463 e. The van der Waals surface area contributed by atoms with Crippen LogP contribution in [-0.4, -0.2) is 36.4 Å². The minimum Gasteiger partial charge on any atom is -0.463 e. The van der Waals surface area contributed by atoms with E-state index in [4.69, 9.17) is 0 Å². The zero-order valence-corrected chi connectivity index (χ0v) is 9.12. The molecule has 1 heterocycles. The van der Waals surface area contributed by atoms with E-state index in [1.807, 2.05) is 0 Å². The molecule has 0 aromatic carbocycles. The number of rotatable bonds is 2. The molecule has 0 N–H and O–H groups in total. The first-order valence-corrected chi connectivity index (χ1v) is 6.51. The second-order valence-electron chi connectivity index (χ2n) is 3.11. The molecule has 1 aromatic rings. The van der Waals surface area contributed by atoms with Gasteiger partial charge in [0, 0.05) is 17.7 Å². The Morgan fingerprint density at radius 1 is 1.36 bits per heavy atom. The molecule has 5 nitrogen and oxygen atoms in total. The summed E-state index contributed by atoms with van der Waals surface area (Å²) in [7, 11) is -1.10. The maximum Gasteiger partial charge on any atom is 0.376 e. The number of hydrogen-bond acceptors (Lipinski definition) is 5. The second kappa shape index (κ2) is 3.88. The molecule has 14 heavy (non-hydrogen) atoms. The van der Waals surface area contributed by atoms with Gasteiger partial charge in [-0.3, -0.25) is 0 Å². The Balaban J connectivity index is 3.01. The third kappa shape index (κ3) is 2.39. The van der Waals surface area contributed by atoms with Crippen LogP contribution in [0.15, 0.2) is 12.4 Å². The Labute approximate surface area is 81.9 Å². The van der Waals surface area contributed by atoms with Gasteiger partial charge in [-0.15, -0.1) is 0 Å². The Kier molecular flexibility index (Phi) is 3.01. The highest BCUT2D eigenvalue weighted by Crippen LogP contribution is 2.33. The minimum atomic E-state index is -2.35. The fourth-order valence-electron chi connectivity index (χ4n) is 0.796. The number of carbonyl (C=O) groups is 1. The number of esters is 1. The number of methoxy groups -OCH3 is 1. The first-order valence-electron chi connectivity index (χ1n) is 3.91. The molecule has 0 unspecified atom stereocenters. The van der Waals surface area contributed by atoms with E-state index in [1.165, 1.54) is 19.5 Å². The summed E-state index contributed by atoms with van der Waals surface area (Å²) in [5.41, 5.74) is 0. The fourth-order valence-corrected chi connectivity index (χ4v) is 1.47. The van der Waals surface area contributed by atoms with Crippen molar-refractivity contribution in [2.75, 3.05) is 20.4 Å². The van der Waals surface area contributed by atoms with Crippen LogP contribution in [-0.2, 0) is 9.30 Å². The summed E-state index contributed by atoms with van der Waals surface area (Å²) >= 11 is 0. The lowest BCUT2D eigenvalue weighted by atomic mass is 10.5. The number of aromatic nitrogens is 2. The normalized spacial score (nSPS) is 11.1. The number of hydrogen-bond donors (Lipinski definition) is 0. The highest BCUT2D eigenvalue weighted by Gasteiger charge is 2.14. The van der Waals surface area contributed by atoms with Crippen molar-refractivity contribution in [1.29, 1.82) is 0 Å². The summed E-state index contributed by atoms with van der Waals surface area (Å²) in [5.74, 6) is -0.622. The van der Waals surface area contributed by atoms with E-state index in [1.54, 1.807) is 13.3 Å². The van der Waals surface area contributed by atoms with Crippen LogP contribution < -0.4 is 5.30 Å². The first kappa shape index (κ1) is 10.9. The molecule has 0 saturated heterocycles. The van der Waals surface area contributed by atoms with Crippen molar-refractivity contribution in [3.05, 3.63) is 18.2 Å². The second-order valence-corrected chi connectivity index (χ2v) is 6.33. The van der Waals surface area contributed by atoms with Crippen LogP contribution in [0.3, 0.4) is 0 Å². The molecule has 0 radical (unpaired) electrons. The molecule has 1 aromatic heterocycles. The standard InChI is InChI=1S/C8H11N2O3P/c1-13-8(11)7-9-4-6(5-10-7)14(2,3)12/h4-5H,1-3H3. The van der Waals surface area contributed by atoms with Gasteiger partial charge < -0.3 is 9.30 Å². The molecule has 0 aliphatic rings. The molecule has 0 atom stereocenters. The summed E-state index contributed by atoms with van der Waals surface area (Å²) in [6.45, 7) is 3.23. The lowest BCUT2D eigenvalue weighted by Crippen LogP contribution is -2.12. The molecular weight excluding hydrogens is 203 g/mol. The Morgan fingerprint density at radius 3 is 2.21 bits per heavy atom. The molecule has 0 bridgehead atoms. The summed E-state index contributed by atoms with van der Waals surface area (Å²) in [6, 6.07) is 0. The number of carbonyl (C=O) groups excluding carboxylic acids is 1. The third-order valence-corrected chi connectivity index (χ3v) is 3.10. The van der Waals surface area contributed by atoms with Crippen LogP contribution in [0, 0.1) is 0 Å². The van der Waals surface area contributed by atoms with Gasteiger partial charge in [-0.2, -0.15) is 0 Å². The van der Waals surface area contributed by atoms with Crippen molar-refractivity contribution in [2.24, 2.45) is 0 Å². The van der Waals surface area contributed by atoms with Crippen molar-refractivity contribution >= 4 is 18.4 Å². The average molecular weight is 214 g/mol. The van der Waals surface area contributed by atoms with Gasteiger partial charge in [-0.1, -0.05) is 0 Å². The minimum absolute atomic E-state index is 0.0234. The first-order chi connectivity index (χ1) is 6.45. The Hall–Kier alpha value is -1.22. The van der Waals surface area contributed by atoms with Gasteiger partial charge in [0.1, 0.15) is 7.14 Å². The highest BCUT2D eigenvalue weighted by molar-refractivity contribution is 7.70. The van der Waals surface area contributed by atoms with Crippen LogP contribution in [0.1, 0.15) is 10.6 Å². The van der Waals surface area contributed by atoms with Crippen LogP contribution in [0.4, 0.5) is 0 Å². The summed E-state index contributed by atoms with van der Waals surface area (Å²) in [4.78, 5) is 18.5. The zero-order valence-electron chi connectivity index (χ0n) is 8.22. The van der Waals surface area contributed by atoms with Gasteiger partial charge in [0.25, 0.3) is 0 Å². The topological polar surface area (TPSA) is 69.2 Å². The molecule has 0 fully saturated rings. The Bertz CT molecular complexity index is 382. The molecule has 1 rings (SSSR count). The lowest BCUT2D eigenvalue weighted by Gasteiger charge is -2.05. The van der Waals surface area contributed by atoms with Gasteiger partial charge in [-0.05, 0) is 13.3 Å². The van der Waals surface area contributed by atoms with Crippen LogP contribution in [0.2, 0.25) is 0 Å². The molecular formula is C8H11N2O3P. The van der Waals surface area contributed by atoms with E-state index in [-0.39, 0.29) is 5.82 Å². The van der Waals surface area contributed by atoms with Crippen molar-refractivity contribution in [3.8, 4) is 0 Å². The molecule has 6 heteroatoms. The number of nitrogens with zero attached hydrogens (tertiary/aromatic N) is 2. The van der Waals surface area contributed by atoms with Gasteiger partial charge in [0.05, 0.1) is 7.11 Å². The van der Waals surface area contributed by atoms with Gasteiger partial charge >= 0.3 is 5.97 Å². The smallest absolute Gasteiger partial charge is 0.376 e. The maximum absolute atomic E-state index is 11.6. The van der Waals surface area contributed by atoms with Gasteiger partial charge in [0.2, 0.25) is 5.82 Å². The SMILES string of the molecule is COC(=O)c1ncc(P(C)(C)=O)cn1. The highest BCUT2D eigenvalue weighted by atomic mass is 31.2. The molecule has 0 spiro atoms. The van der Waals surface area contributed by atoms with E-state index in [2.05, 4.69) is 14.7 Å². The number of ether oxygens (including phenoxy) is 1. The van der Waals surface area contributed by atoms with Crippen molar-refractivity contribution in [1.82, 2.24) is 9.97 Å². The molecule has 0 amide bonds. The molecule has 76 valence electrons. The summed E-state index contributed by atoms with van der Waals surface area (Å²) in [5, 5.41) is 0.546. The van der Waals surface area contributed by atoms with Gasteiger partial charge in [0.15, 0.2) is 0 Å². The van der Waals surface area contributed by atoms with E-state index in [0.29, 0.717) is 5.30 Å². The van der Waals surface area contributed by atoms with E-state index in [9.17, 15) is 9.36 Å². The molecule has 0 saturated carbocycles. The third-order valence-electron chi connectivity index (χ3n) is 1.63. The predicted octanol–water partition coefficient (Wildman–Crippen LogP) is 0.511. The van der Waals surface area contributed by atoms with Crippen molar-refractivity contribution in [3.63, 3.8) is 0 Å². The molecule has 0 aliphatic heterocycles. The van der Waals surface area contributed by atoms with Gasteiger partial charge in [-0.25, -0.2) is 14.8 Å². The Morgan fingerprint density at radius 2 is 1.86 bits per heavy atom. The lowest BCUT2D eigenvalue weighted by molar-refractivity contribution is 0.0586. The fraction of sp³-hybridized carbons (Fsp3) is 0.375. The zero-order chi connectivity index (χ0) is 10.8. The van der Waals surface area contributed by atoms with Crippen molar-refractivity contribution in [2.45, 2.75) is 0 Å². The molecule has 0 aliphatic carbocycles. The summed E-state index contributed by atoms with van der Waals surface area (Å²) < 4.78 is 16.0.